The SMILES string of the molecule is C[C@H](CCC(=O)O)[C@H]1CCC2C3C(=O)C[C@@H]4CCCC[C@]4(C)C3CC[C@@]21C. The largest absolute Gasteiger partial charge is 0.481 e. The third-order valence-corrected chi connectivity index (χ3v) is 9.96. The number of carboxylic acids is 1. The van der Waals surface area contributed by atoms with Crippen molar-refractivity contribution in [1.82, 2.24) is 0 Å². The van der Waals surface area contributed by atoms with Crippen LogP contribution in [-0.4, -0.2) is 16.9 Å². The average molecular weight is 375 g/mol. The molecule has 152 valence electrons. The number of ketones is 1. The van der Waals surface area contributed by atoms with Gasteiger partial charge in [-0.05, 0) is 85.4 Å². The van der Waals surface area contributed by atoms with Crippen molar-refractivity contribution in [2.75, 3.05) is 0 Å². The summed E-state index contributed by atoms with van der Waals surface area (Å²) < 4.78 is 0. The maximum atomic E-state index is 13.3. The van der Waals surface area contributed by atoms with Gasteiger partial charge in [-0.15, -0.1) is 0 Å². The minimum atomic E-state index is -0.677. The minimum Gasteiger partial charge on any atom is -0.481 e. The molecule has 8 atom stereocenters. The molecule has 3 unspecified atom stereocenters. The van der Waals surface area contributed by atoms with Gasteiger partial charge in [-0.3, -0.25) is 9.59 Å². The van der Waals surface area contributed by atoms with Crippen LogP contribution in [0.25, 0.3) is 0 Å². The number of Topliss-reactive ketones (excluding diaryl/α,β-unsaturated/α-hetero) is 1. The number of hydrogen-bond donors (Lipinski definition) is 1. The minimum absolute atomic E-state index is 0.243. The van der Waals surface area contributed by atoms with Crippen LogP contribution in [0.3, 0.4) is 0 Å². The fourth-order valence-electron chi connectivity index (χ4n) is 8.49. The quantitative estimate of drug-likeness (QED) is 0.685. The molecule has 3 nitrogen and oxygen atoms in total. The third-order valence-electron chi connectivity index (χ3n) is 9.96. The van der Waals surface area contributed by atoms with E-state index < -0.39 is 5.97 Å². The molecule has 4 saturated carbocycles. The first-order valence-electron chi connectivity index (χ1n) is 11.5. The van der Waals surface area contributed by atoms with Crippen LogP contribution in [0.15, 0.2) is 0 Å². The lowest BCUT2D eigenvalue weighted by Gasteiger charge is -2.60. The Labute approximate surface area is 164 Å². The van der Waals surface area contributed by atoms with Crippen LogP contribution in [0.5, 0.6) is 0 Å². The molecule has 27 heavy (non-hydrogen) atoms. The first-order chi connectivity index (χ1) is 12.8. The second-order valence-electron chi connectivity index (χ2n) is 11.0. The van der Waals surface area contributed by atoms with Gasteiger partial charge in [0.1, 0.15) is 5.78 Å². The molecule has 1 N–H and O–H groups in total. The van der Waals surface area contributed by atoms with Crippen LogP contribution >= 0.6 is 0 Å². The van der Waals surface area contributed by atoms with Gasteiger partial charge >= 0.3 is 5.97 Å². The molecule has 4 rings (SSSR count). The Morgan fingerprint density at radius 1 is 1.07 bits per heavy atom. The van der Waals surface area contributed by atoms with Crippen molar-refractivity contribution in [3.05, 3.63) is 0 Å². The molecular weight excluding hydrogens is 336 g/mol. The zero-order chi connectivity index (χ0) is 19.4. The smallest absolute Gasteiger partial charge is 0.303 e. The Morgan fingerprint density at radius 2 is 1.81 bits per heavy atom. The molecule has 0 bridgehead atoms. The molecule has 0 radical (unpaired) electrons. The van der Waals surface area contributed by atoms with E-state index in [1.165, 1.54) is 51.4 Å². The molecule has 0 aliphatic heterocycles. The summed E-state index contributed by atoms with van der Waals surface area (Å²) in [4.78, 5) is 24.4. The van der Waals surface area contributed by atoms with E-state index in [-0.39, 0.29) is 11.8 Å². The van der Waals surface area contributed by atoms with E-state index in [1.54, 1.807) is 0 Å². The summed E-state index contributed by atoms with van der Waals surface area (Å²) in [6.45, 7) is 7.23. The van der Waals surface area contributed by atoms with Crippen LogP contribution in [0.1, 0.15) is 91.4 Å². The van der Waals surface area contributed by atoms with Crippen LogP contribution in [0.4, 0.5) is 0 Å². The Kier molecular flexibility index (Phi) is 4.96. The number of hydrogen-bond acceptors (Lipinski definition) is 2. The summed E-state index contributed by atoms with van der Waals surface area (Å²) in [5.41, 5.74) is 0.637. The van der Waals surface area contributed by atoms with Gasteiger partial charge in [-0.1, -0.05) is 33.6 Å². The van der Waals surface area contributed by atoms with E-state index in [4.69, 9.17) is 5.11 Å². The molecule has 4 aliphatic carbocycles. The number of fused-ring (bicyclic) bond motifs is 5. The van der Waals surface area contributed by atoms with Crippen molar-refractivity contribution in [2.45, 2.75) is 91.4 Å². The number of carboxylic acid groups (broad SMARTS) is 1. The summed E-state index contributed by atoms with van der Waals surface area (Å²) in [5.74, 6) is 3.02. The molecule has 0 heterocycles. The summed E-state index contributed by atoms with van der Waals surface area (Å²) in [6, 6.07) is 0. The summed E-state index contributed by atoms with van der Waals surface area (Å²) in [7, 11) is 0. The number of rotatable bonds is 4. The van der Waals surface area contributed by atoms with Crippen LogP contribution in [0, 0.1) is 46.3 Å². The highest BCUT2D eigenvalue weighted by Crippen LogP contribution is 2.67. The second-order valence-corrected chi connectivity index (χ2v) is 11.0. The maximum Gasteiger partial charge on any atom is 0.303 e. The van der Waals surface area contributed by atoms with Gasteiger partial charge in [0.15, 0.2) is 0 Å². The fraction of sp³-hybridized carbons (Fsp3) is 0.917. The molecule has 0 spiro atoms. The van der Waals surface area contributed by atoms with Crippen molar-refractivity contribution in [3.63, 3.8) is 0 Å². The van der Waals surface area contributed by atoms with Crippen LogP contribution in [0.2, 0.25) is 0 Å². The van der Waals surface area contributed by atoms with Crippen LogP contribution < -0.4 is 0 Å². The number of carbonyl (C=O) groups is 2. The van der Waals surface area contributed by atoms with Gasteiger partial charge in [0.25, 0.3) is 0 Å². The Morgan fingerprint density at radius 3 is 2.56 bits per heavy atom. The van der Waals surface area contributed by atoms with Gasteiger partial charge in [0, 0.05) is 18.8 Å². The van der Waals surface area contributed by atoms with Gasteiger partial charge in [0.2, 0.25) is 0 Å². The first-order valence-corrected chi connectivity index (χ1v) is 11.5. The highest BCUT2D eigenvalue weighted by atomic mass is 16.4. The summed E-state index contributed by atoms with van der Waals surface area (Å²) >= 11 is 0. The Bertz CT molecular complexity index is 613. The summed E-state index contributed by atoms with van der Waals surface area (Å²) in [6.07, 6.45) is 12.0. The lowest BCUT2D eigenvalue weighted by Crippen LogP contribution is -2.56. The van der Waals surface area contributed by atoms with E-state index in [2.05, 4.69) is 20.8 Å². The lowest BCUT2D eigenvalue weighted by atomic mass is 9.44. The number of carbonyl (C=O) groups excluding carboxylic acids is 1. The molecular formula is C24H38O3. The zero-order valence-electron chi connectivity index (χ0n) is 17.5. The molecule has 0 aromatic carbocycles. The van der Waals surface area contributed by atoms with Crippen molar-refractivity contribution in [3.8, 4) is 0 Å². The van der Waals surface area contributed by atoms with Crippen molar-refractivity contribution in [1.29, 1.82) is 0 Å². The Hall–Kier alpha value is -0.860. The highest BCUT2D eigenvalue weighted by Gasteiger charge is 2.62. The van der Waals surface area contributed by atoms with E-state index in [0.717, 1.165) is 12.8 Å². The van der Waals surface area contributed by atoms with Gasteiger partial charge in [-0.25, -0.2) is 0 Å². The lowest BCUT2D eigenvalue weighted by molar-refractivity contribution is -0.156. The average Bonchev–Trinajstić information content (AvgIpc) is 2.97. The predicted molar refractivity (Wildman–Crippen MR) is 106 cm³/mol. The molecule has 4 aliphatic rings. The van der Waals surface area contributed by atoms with Crippen molar-refractivity contribution >= 4 is 11.8 Å². The van der Waals surface area contributed by atoms with Gasteiger partial charge in [-0.2, -0.15) is 0 Å². The Balaban J connectivity index is 1.57. The maximum absolute atomic E-state index is 13.3. The van der Waals surface area contributed by atoms with Crippen LogP contribution in [-0.2, 0) is 9.59 Å². The topological polar surface area (TPSA) is 54.4 Å². The zero-order valence-corrected chi connectivity index (χ0v) is 17.5. The third kappa shape index (κ3) is 2.99. The molecule has 0 amide bonds. The molecule has 4 fully saturated rings. The predicted octanol–water partition coefficient (Wildman–Crippen LogP) is 5.72. The van der Waals surface area contributed by atoms with E-state index in [9.17, 15) is 9.59 Å². The highest BCUT2D eigenvalue weighted by molar-refractivity contribution is 5.83. The standard InChI is InChI=1S/C24H38O3/c1-15(7-10-21(26)27)17-8-9-18-22-19(11-13-24(17,18)3)23(2)12-5-4-6-16(23)14-20(22)25/h15-19,22H,4-14H2,1-3H3,(H,26,27)/t15-,16+,17-,18?,19?,22?,23+,24-/m1/s1. The van der Waals surface area contributed by atoms with E-state index >= 15 is 0 Å². The normalized spacial score (nSPS) is 47.7. The second kappa shape index (κ2) is 6.88. The molecule has 0 aromatic heterocycles. The van der Waals surface area contributed by atoms with Crippen molar-refractivity contribution < 1.29 is 14.7 Å². The van der Waals surface area contributed by atoms with Gasteiger partial charge < -0.3 is 5.11 Å². The monoisotopic (exact) mass is 374 g/mol. The molecule has 3 heteroatoms. The number of aliphatic carboxylic acids is 1. The van der Waals surface area contributed by atoms with E-state index in [1.807, 2.05) is 0 Å². The molecule has 0 saturated heterocycles. The fourth-order valence-corrected chi connectivity index (χ4v) is 8.49. The van der Waals surface area contributed by atoms with E-state index in [0.29, 0.717) is 46.7 Å². The molecule has 0 aromatic rings. The van der Waals surface area contributed by atoms with Gasteiger partial charge in [0.05, 0.1) is 0 Å². The summed E-state index contributed by atoms with van der Waals surface area (Å²) in [5, 5.41) is 9.08. The first kappa shape index (κ1) is 19.5. The van der Waals surface area contributed by atoms with Crippen molar-refractivity contribution in [2.24, 2.45) is 46.3 Å².